The van der Waals surface area contributed by atoms with Crippen molar-refractivity contribution in [3.8, 4) is 0 Å². The van der Waals surface area contributed by atoms with Gasteiger partial charge in [0.15, 0.2) is 0 Å². The van der Waals surface area contributed by atoms with Crippen LogP contribution in [0.2, 0.25) is 0 Å². The van der Waals surface area contributed by atoms with Gasteiger partial charge in [-0.15, -0.1) is 0 Å². The van der Waals surface area contributed by atoms with E-state index in [9.17, 15) is 0 Å². The van der Waals surface area contributed by atoms with Crippen LogP contribution in [0, 0.1) is 5.92 Å². The number of hydrogen-bond acceptors (Lipinski definition) is 3. The summed E-state index contributed by atoms with van der Waals surface area (Å²) in [6, 6.07) is 0. The second kappa shape index (κ2) is 3.95. The van der Waals surface area contributed by atoms with Crippen molar-refractivity contribution >= 4 is 0 Å². The SMILES string of the molecule is CNCC1CCOC2(CCOC2)C1. The molecule has 0 bridgehead atoms. The molecule has 76 valence electrons. The molecule has 1 N–H and O–H groups in total. The molecule has 2 rings (SSSR count). The molecule has 1 spiro atoms. The van der Waals surface area contributed by atoms with E-state index in [0.717, 1.165) is 38.7 Å². The summed E-state index contributed by atoms with van der Waals surface area (Å²) >= 11 is 0. The molecule has 2 heterocycles. The Hall–Kier alpha value is -0.120. The van der Waals surface area contributed by atoms with E-state index in [0.29, 0.717) is 0 Å². The van der Waals surface area contributed by atoms with Crippen LogP contribution in [-0.4, -0.2) is 39.0 Å². The van der Waals surface area contributed by atoms with Crippen molar-refractivity contribution in [1.82, 2.24) is 5.32 Å². The number of hydrogen-bond donors (Lipinski definition) is 1. The molecule has 0 amide bonds. The van der Waals surface area contributed by atoms with Crippen molar-refractivity contribution in [3.05, 3.63) is 0 Å². The van der Waals surface area contributed by atoms with Crippen molar-refractivity contribution in [2.24, 2.45) is 5.92 Å². The fraction of sp³-hybridized carbons (Fsp3) is 1.00. The fourth-order valence-corrected chi connectivity index (χ4v) is 2.46. The molecule has 0 aromatic carbocycles. The zero-order chi connectivity index (χ0) is 9.15. The summed E-state index contributed by atoms with van der Waals surface area (Å²) in [5.74, 6) is 0.778. The smallest absolute Gasteiger partial charge is 0.0939 e. The minimum absolute atomic E-state index is 0.0831. The molecule has 2 atom stereocenters. The summed E-state index contributed by atoms with van der Waals surface area (Å²) in [5, 5.41) is 3.25. The third-order valence-corrected chi connectivity index (χ3v) is 3.15. The molecule has 0 radical (unpaired) electrons. The topological polar surface area (TPSA) is 30.5 Å². The molecular weight excluding hydrogens is 166 g/mol. The number of nitrogens with one attached hydrogen (secondary N) is 1. The van der Waals surface area contributed by atoms with E-state index in [1.54, 1.807) is 0 Å². The molecule has 0 aromatic heterocycles. The lowest BCUT2D eigenvalue weighted by Crippen LogP contribution is -2.42. The minimum atomic E-state index is 0.0831. The lowest BCUT2D eigenvalue weighted by Gasteiger charge is -2.37. The van der Waals surface area contributed by atoms with Crippen LogP contribution in [0.15, 0.2) is 0 Å². The van der Waals surface area contributed by atoms with E-state index < -0.39 is 0 Å². The second-order valence-electron chi connectivity index (χ2n) is 4.25. The lowest BCUT2D eigenvalue weighted by atomic mass is 9.85. The third kappa shape index (κ3) is 2.03. The Labute approximate surface area is 79.8 Å². The second-order valence-corrected chi connectivity index (χ2v) is 4.25. The number of ether oxygens (including phenoxy) is 2. The average Bonchev–Trinajstić information content (AvgIpc) is 2.54. The lowest BCUT2D eigenvalue weighted by molar-refractivity contribution is -0.0971. The zero-order valence-corrected chi connectivity index (χ0v) is 8.34. The van der Waals surface area contributed by atoms with Crippen LogP contribution in [0.4, 0.5) is 0 Å². The van der Waals surface area contributed by atoms with Gasteiger partial charge in [0, 0.05) is 19.6 Å². The molecule has 2 saturated heterocycles. The van der Waals surface area contributed by atoms with Gasteiger partial charge >= 0.3 is 0 Å². The summed E-state index contributed by atoms with van der Waals surface area (Å²) in [6.45, 7) is 3.72. The predicted molar refractivity (Wildman–Crippen MR) is 50.8 cm³/mol. The number of rotatable bonds is 2. The first-order chi connectivity index (χ1) is 6.35. The van der Waals surface area contributed by atoms with Gasteiger partial charge in [-0.25, -0.2) is 0 Å². The Morgan fingerprint density at radius 2 is 2.38 bits per heavy atom. The maximum absolute atomic E-state index is 5.85. The van der Waals surface area contributed by atoms with Gasteiger partial charge in [-0.2, -0.15) is 0 Å². The highest BCUT2D eigenvalue weighted by atomic mass is 16.6. The van der Waals surface area contributed by atoms with Gasteiger partial charge in [0.1, 0.15) is 0 Å². The average molecular weight is 185 g/mol. The Morgan fingerprint density at radius 3 is 3.08 bits per heavy atom. The summed E-state index contributed by atoms with van der Waals surface area (Å²) in [7, 11) is 2.02. The molecule has 3 heteroatoms. The summed E-state index contributed by atoms with van der Waals surface area (Å²) in [6.07, 6.45) is 3.46. The van der Waals surface area contributed by atoms with Crippen LogP contribution >= 0.6 is 0 Å². The highest BCUT2D eigenvalue weighted by Crippen LogP contribution is 2.35. The third-order valence-electron chi connectivity index (χ3n) is 3.15. The van der Waals surface area contributed by atoms with E-state index in [-0.39, 0.29) is 5.60 Å². The quantitative estimate of drug-likeness (QED) is 0.690. The van der Waals surface area contributed by atoms with E-state index >= 15 is 0 Å². The zero-order valence-electron chi connectivity index (χ0n) is 8.34. The van der Waals surface area contributed by atoms with Crippen molar-refractivity contribution in [1.29, 1.82) is 0 Å². The maximum Gasteiger partial charge on any atom is 0.0939 e. The first-order valence-electron chi connectivity index (χ1n) is 5.21. The van der Waals surface area contributed by atoms with Crippen molar-refractivity contribution in [3.63, 3.8) is 0 Å². The highest BCUT2D eigenvalue weighted by Gasteiger charge is 2.40. The summed E-state index contributed by atoms with van der Waals surface area (Å²) in [4.78, 5) is 0. The Bertz CT molecular complexity index is 164. The van der Waals surface area contributed by atoms with Gasteiger partial charge in [0.05, 0.1) is 12.2 Å². The first kappa shape index (κ1) is 9.44. The van der Waals surface area contributed by atoms with Gasteiger partial charge in [-0.3, -0.25) is 0 Å². The van der Waals surface area contributed by atoms with Crippen LogP contribution in [0.3, 0.4) is 0 Å². The van der Waals surface area contributed by atoms with E-state index in [2.05, 4.69) is 5.32 Å². The molecule has 2 fully saturated rings. The van der Waals surface area contributed by atoms with Crippen molar-refractivity contribution < 1.29 is 9.47 Å². The van der Waals surface area contributed by atoms with Crippen LogP contribution in [0.25, 0.3) is 0 Å². The minimum Gasteiger partial charge on any atom is -0.378 e. The predicted octanol–water partition coefficient (Wildman–Crippen LogP) is 0.791. The summed E-state index contributed by atoms with van der Waals surface area (Å²) < 4.78 is 11.3. The standard InChI is InChI=1S/C10H19NO2/c1-11-7-9-2-4-13-10(6-9)3-5-12-8-10/h9,11H,2-8H2,1H3. The largest absolute Gasteiger partial charge is 0.378 e. The molecule has 2 unspecified atom stereocenters. The molecular formula is C10H19NO2. The van der Waals surface area contributed by atoms with Crippen molar-refractivity contribution in [2.45, 2.75) is 24.9 Å². The van der Waals surface area contributed by atoms with Gasteiger partial charge in [-0.1, -0.05) is 0 Å². The maximum atomic E-state index is 5.85. The van der Waals surface area contributed by atoms with Gasteiger partial charge < -0.3 is 14.8 Å². The van der Waals surface area contributed by atoms with E-state index in [4.69, 9.17) is 9.47 Å². The monoisotopic (exact) mass is 185 g/mol. The Morgan fingerprint density at radius 1 is 1.46 bits per heavy atom. The van der Waals surface area contributed by atoms with Crippen LogP contribution in [-0.2, 0) is 9.47 Å². The first-order valence-corrected chi connectivity index (χ1v) is 5.21. The molecule has 2 aliphatic heterocycles. The molecule has 0 saturated carbocycles. The molecule has 0 aromatic rings. The fourth-order valence-electron chi connectivity index (χ4n) is 2.46. The van der Waals surface area contributed by atoms with Crippen LogP contribution in [0.1, 0.15) is 19.3 Å². The summed E-state index contributed by atoms with van der Waals surface area (Å²) in [5.41, 5.74) is 0.0831. The van der Waals surface area contributed by atoms with E-state index in [1.807, 2.05) is 7.05 Å². The van der Waals surface area contributed by atoms with E-state index in [1.165, 1.54) is 12.8 Å². The van der Waals surface area contributed by atoms with Crippen LogP contribution in [0.5, 0.6) is 0 Å². The molecule has 2 aliphatic rings. The van der Waals surface area contributed by atoms with Gasteiger partial charge in [0.25, 0.3) is 0 Å². The Balaban J connectivity index is 1.90. The molecule has 3 nitrogen and oxygen atoms in total. The highest BCUT2D eigenvalue weighted by molar-refractivity contribution is 4.90. The van der Waals surface area contributed by atoms with Crippen LogP contribution < -0.4 is 5.32 Å². The Kier molecular flexibility index (Phi) is 2.86. The normalized spacial score (nSPS) is 39.9. The van der Waals surface area contributed by atoms with Gasteiger partial charge in [0.2, 0.25) is 0 Å². The van der Waals surface area contributed by atoms with Gasteiger partial charge in [-0.05, 0) is 32.4 Å². The molecule has 0 aliphatic carbocycles. The van der Waals surface area contributed by atoms with Crippen molar-refractivity contribution in [2.75, 3.05) is 33.4 Å². The molecule has 13 heavy (non-hydrogen) atoms.